The van der Waals surface area contributed by atoms with E-state index in [2.05, 4.69) is 5.32 Å². The molecule has 2 aliphatic rings. The molecule has 8 nitrogen and oxygen atoms in total. The fourth-order valence-corrected chi connectivity index (χ4v) is 4.92. The Morgan fingerprint density at radius 2 is 1.84 bits per heavy atom. The Bertz CT molecular complexity index is 1040. The molecule has 4 rings (SSSR count). The molecule has 2 aromatic rings. The monoisotopic (exact) mass is 459 g/mol. The van der Waals surface area contributed by atoms with Gasteiger partial charge in [-0.15, -0.1) is 11.3 Å². The molecule has 1 fully saturated rings. The third-order valence-corrected chi connectivity index (χ3v) is 6.69. The average Bonchev–Trinajstić information content (AvgIpc) is 3.38. The highest BCUT2D eigenvalue weighted by atomic mass is 32.1. The van der Waals surface area contributed by atoms with Crippen molar-refractivity contribution in [1.29, 1.82) is 0 Å². The highest BCUT2D eigenvalue weighted by Gasteiger charge is 2.29. The van der Waals surface area contributed by atoms with Crippen molar-refractivity contribution in [2.75, 3.05) is 18.7 Å². The molecule has 9 heteroatoms. The van der Waals surface area contributed by atoms with Crippen LogP contribution in [0, 0.1) is 6.92 Å². The highest BCUT2D eigenvalue weighted by Crippen LogP contribution is 2.36. The predicted molar refractivity (Wildman–Crippen MR) is 118 cm³/mol. The van der Waals surface area contributed by atoms with Crippen LogP contribution in [0.2, 0.25) is 0 Å². The van der Waals surface area contributed by atoms with E-state index >= 15 is 0 Å². The molecule has 0 unspecified atom stereocenters. The number of esters is 2. The summed E-state index contributed by atoms with van der Waals surface area (Å²) >= 11 is 1.02. The summed E-state index contributed by atoms with van der Waals surface area (Å²) in [6, 6.07) is 4.82. The van der Waals surface area contributed by atoms with Crippen LogP contribution in [0.4, 0.5) is 5.00 Å². The first kappa shape index (κ1) is 22.1. The Morgan fingerprint density at radius 1 is 1.09 bits per heavy atom. The zero-order valence-electron chi connectivity index (χ0n) is 18.0. The van der Waals surface area contributed by atoms with E-state index in [4.69, 9.17) is 18.9 Å². The molecule has 1 N–H and O–H groups in total. The third-order valence-electron chi connectivity index (χ3n) is 5.50. The van der Waals surface area contributed by atoms with E-state index in [1.165, 1.54) is 0 Å². The van der Waals surface area contributed by atoms with Gasteiger partial charge in [0.25, 0.3) is 5.91 Å². The molecule has 0 spiro atoms. The second-order valence-corrected chi connectivity index (χ2v) is 8.69. The number of amides is 1. The van der Waals surface area contributed by atoms with E-state index in [1.807, 2.05) is 0 Å². The largest absolute Gasteiger partial charge is 0.462 e. The first-order chi connectivity index (χ1) is 15.5. The Kier molecular flexibility index (Phi) is 6.64. The topological polar surface area (TPSA) is 100 Å². The van der Waals surface area contributed by atoms with Gasteiger partial charge >= 0.3 is 11.9 Å². The zero-order chi connectivity index (χ0) is 22.7. The molecule has 1 aliphatic carbocycles. The maximum Gasteiger partial charge on any atom is 0.348 e. The maximum absolute atomic E-state index is 12.9. The summed E-state index contributed by atoms with van der Waals surface area (Å²) in [6.45, 7) is 3.63. The minimum Gasteiger partial charge on any atom is -0.462 e. The molecular formula is C23H25NO7S. The number of carbonyl (C=O) groups is 3. The van der Waals surface area contributed by atoms with E-state index in [0.717, 1.165) is 43.4 Å². The van der Waals surface area contributed by atoms with Crippen LogP contribution >= 0.6 is 11.3 Å². The number of hydrogen-bond donors (Lipinski definition) is 1. The van der Waals surface area contributed by atoms with E-state index < -0.39 is 17.8 Å². The van der Waals surface area contributed by atoms with Gasteiger partial charge in [-0.1, -0.05) is 6.42 Å². The number of carbonyl (C=O) groups excluding carboxylic acids is 3. The quantitative estimate of drug-likeness (QED) is 0.625. The maximum atomic E-state index is 12.9. The molecule has 1 amide bonds. The highest BCUT2D eigenvalue weighted by molar-refractivity contribution is 7.18. The van der Waals surface area contributed by atoms with Crippen LogP contribution in [-0.2, 0) is 9.47 Å². The standard InChI is InChI=1S/C23H25NO7S/c1-3-28-22(26)18-13(2)19(23(27)31-15-7-5-4-6-8-15)32-21(18)24-20(25)14-9-10-16-17(11-14)30-12-29-16/h9-11,15H,3-8,12H2,1-2H3,(H,24,25). The Balaban J connectivity index is 1.59. The first-order valence-corrected chi connectivity index (χ1v) is 11.5. The van der Waals surface area contributed by atoms with E-state index in [1.54, 1.807) is 32.0 Å². The lowest BCUT2D eigenvalue weighted by Crippen LogP contribution is -2.21. The van der Waals surface area contributed by atoms with Gasteiger partial charge in [0.2, 0.25) is 6.79 Å². The van der Waals surface area contributed by atoms with Crippen molar-refractivity contribution in [3.05, 3.63) is 39.8 Å². The molecule has 2 heterocycles. The third kappa shape index (κ3) is 4.57. The van der Waals surface area contributed by atoms with Crippen molar-refractivity contribution in [1.82, 2.24) is 0 Å². The van der Waals surface area contributed by atoms with Crippen molar-refractivity contribution in [3.63, 3.8) is 0 Å². The van der Waals surface area contributed by atoms with Gasteiger partial charge in [-0.2, -0.15) is 0 Å². The number of fused-ring (bicyclic) bond motifs is 1. The van der Waals surface area contributed by atoms with Crippen LogP contribution in [0.15, 0.2) is 18.2 Å². The lowest BCUT2D eigenvalue weighted by molar-refractivity contribution is 0.0216. The minimum absolute atomic E-state index is 0.101. The van der Waals surface area contributed by atoms with Gasteiger partial charge in [0.05, 0.1) is 12.2 Å². The van der Waals surface area contributed by atoms with Crippen molar-refractivity contribution < 1.29 is 33.3 Å². The molecule has 0 radical (unpaired) electrons. The molecular weight excluding hydrogens is 434 g/mol. The summed E-state index contributed by atoms with van der Waals surface area (Å²) in [5.41, 5.74) is 0.943. The van der Waals surface area contributed by atoms with Crippen LogP contribution in [0.5, 0.6) is 11.5 Å². The van der Waals surface area contributed by atoms with E-state index in [0.29, 0.717) is 27.5 Å². The van der Waals surface area contributed by atoms with Crippen LogP contribution in [0.3, 0.4) is 0 Å². The molecule has 0 saturated heterocycles. The summed E-state index contributed by atoms with van der Waals surface area (Å²) in [5.74, 6) is -0.481. The van der Waals surface area contributed by atoms with Crippen molar-refractivity contribution in [2.45, 2.75) is 52.1 Å². The average molecular weight is 460 g/mol. The summed E-state index contributed by atoms with van der Waals surface area (Å²) < 4.78 is 21.4. The molecule has 170 valence electrons. The minimum atomic E-state index is -0.598. The summed E-state index contributed by atoms with van der Waals surface area (Å²) in [5, 5.41) is 3.00. The number of hydrogen-bond acceptors (Lipinski definition) is 8. The Morgan fingerprint density at radius 3 is 2.59 bits per heavy atom. The van der Waals surface area contributed by atoms with Gasteiger partial charge in [-0.25, -0.2) is 9.59 Å². The summed E-state index contributed by atoms with van der Waals surface area (Å²) in [7, 11) is 0. The zero-order valence-corrected chi connectivity index (χ0v) is 18.8. The fourth-order valence-electron chi connectivity index (χ4n) is 3.85. The number of ether oxygens (including phenoxy) is 4. The van der Waals surface area contributed by atoms with Gasteiger partial charge in [0.15, 0.2) is 11.5 Å². The number of anilines is 1. The molecule has 1 aromatic carbocycles. The van der Waals surface area contributed by atoms with Crippen LogP contribution in [0.1, 0.15) is 75.0 Å². The van der Waals surface area contributed by atoms with Gasteiger partial charge in [-0.3, -0.25) is 4.79 Å². The van der Waals surface area contributed by atoms with Crippen molar-refractivity contribution >= 4 is 34.2 Å². The number of thiophene rings is 1. The predicted octanol–water partition coefficient (Wildman–Crippen LogP) is 4.70. The smallest absolute Gasteiger partial charge is 0.348 e. The summed E-state index contributed by atoms with van der Waals surface area (Å²) in [6.07, 6.45) is 4.78. The molecule has 1 aliphatic heterocycles. The Hall–Kier alpha value is -3.07. The lowest BCUT2D eigenvalue weighted by atomic mass is 9.98. The molecule has 1 saturated carbocycles. The van der Waals surface area contributed by atoms with Crippen LogP contribution < -0.4 is 14.8 Å². The number of benzene rings is 1. The second-order valence-electron chi connectivity index (χ2n) is 7.67. The van der Waals surface area contributed by atoms with Crippen molar-refractivity contribution in [2.24, 2.45) is 0 Å². The summed E-state index contributed by atoms with van der Waals surface area (Å²) in [4.78, 5) is 38.7. The first-order valence-electron chi connectivity index (χ1n) is 10.7. The van der Waals surface area contributed by atoms with E-state index in [9.17, 15) is 14.4 Å². The van der Waals surface area contributed by atoms with Gasteiger partial charge in [-0.05, 0) is 63.3 Å². The van der Waals surface area contributed by atoms with Crippen LogP contribution in [-0.4, -0.2) is 37.3 Å². The van der Waals surface area contributed by atoms with Gasteiger partial charge in [0, 0.05) is 5.56 Å². The van der Waals surface area contributed by atoms with E-state index in [-0.39, 0.29) is 30.1 Å². The molecule has 0 atom stereocenters. The number of nitrogens with one attached hydrogen (secondary N) is 1. The Labute approximate surface area is 189 Å². The molecule has 32 heavy (non-hydrogen) atoms. The number of rotatable bonds is 6. The normalized spacial score (nSPS) is 15.3. The van der Waals surface area contributed by atoms with Crippen molar-refractivity contribution in [3.8, 4) is 11.5 Å². The van der Waals surface area contributed by atoms with Gasteiger partial charge in [0.1, 0.15) is 16.0 Å². The van der Waals surface area contributed by atoms with Gasteiger partial charge < -0.3 is 24.3 Å². The SMILES string of the molecule is CCOC(=O)c1c(NC(=O)c2ccc3c(c2)OCO3)sc(C(=O)OC2CCCCC2)c1C. The fraction of sp³-hybridized carbons (Fsp3) is 0.435. The lowest BCUT2D eigenvalue weighted by Gasteiger charge is -2.21. The molecule has 0 bridgehead atoms. The molecule has 1 aromatic heterocycles. The van der Waals surface area contributed by atoms with Crippen LogP contribution in [0.25, 0.3) is 0 Å². The second kappa shape index (κ2) is 9.60.